The van der Waals surface area contributed by atoms with Gasteiger partial charge in [0.25, 0.3) is 11.8 Å². The molecule has 2 heterocycles. The molecular formula is C17H17N3O3S2. The lowest BCUT2D eigenvalue weighted by Gasteiger charge is -2.13. The average molecular weight is 375 g/mol. The van der Waals surface area contributed by atoms with E-state index in [0.29, 0.717) is 22.7 Å². The van der Waals surface area contributed by atoms with Crippen molar-refractivity contribution in [1.82, 2.24) is 9.88 Å². The van der Waals surface area contributed by atoms with Crippen LogP contribution < -0.4 is 5.32 Å². The Morgan fingerprint density at radius 3 is 2.56 bits per heavy atom. The van der Waals surface area contributed by atoms with Crippen molar-refractivity contribution in [3.05, 3.63) is 46.5 Å². The standard InChI is InChI=1S/C17H17N3O3S2/c1-24-9-11-10-25-17(18-11)19-14(21)7-4-8-20-15(22)12-5-2-3-6-13(12)16(20)23/h2-3,5-6,10H,4,7-9H2,1H3,(H,18,19,21). The molecule has 0 aliphatic carbocycles. The molecule has 1 aliphatic rings. The van der Waals surface area contributed by atoms with Crippen LogP contribution in [0.5, 0.6) is 0 Å². The summed E-state index contributed by atoms with van der Waals surface area (Å²) in [5.41, 5.74) is 1.81. The Balaban J connectivity index is 1.49. The predicted molar refractivity (Wildman–Crippen MR) is 99.0 cm³/mol. The van der Waals surface area contributed by atoms with Crippen molar-refractivity contribution in [2.45, 2.75) is 18.6 Å². The number of fused-ring (bicyclic) bond motifs is 1. The van der Waals surface area contributed by atoms with E-state index in [1.165, 1.54) is 16.2 Å². The molecule has 3 rings (SSSR count). The number of rotatable bonds is 7. The minimum atomic E-state index is -0.289. The number of carbonyl (C=O) groups is 3. The Morgan fingerprint density at radius 1 is 1.24 bits per heavy atom. The number of nitrogens with one attached hydrogen (secondary N) is 1. The van der Waals surface area contributed by atoms with Gasteiger partial charge in [-0.15, -0.1) is 11.3 Å². The number of anilines is 1. The third kappa shape index (κ3) is 3.91. The number of thiazole rings is 1. The highest BCUT2D eigenvalue weighted by atomic mass is 32.2. The Bertz CT molecular complexity index is 784. The zero-order chi connectivity index (χ0) is 17.8. The minimum Gasteiger partial charge on any atom is -0.302 e. The molecule has 0 saturated carbocycles. The van der Waals surface area contributed by atoms with Gasteiger partial charge in [-0.2, -0.15) is 11.8 Å². The first-order chi connectivity index (χ1) is 12.1. The number of benzene rings is 1. The van der Waals surface area contributed by atoms with E-state index in [1.807, 2.05) is 11.6 Å². The van der Waals surface area contributed by atoms with Crippen LogP contribution >= 0.6 is 23.1 Å². The third-order valence-corrected chi connectivity index (χ3v) is 5.15. The molecule has 1 N–H and O–H groups in total. The largest absolute Gasteiger partial charge is 0.302 e. The lowest BCUT2D eigenvalue weighted by Crippen LogP contribution is -2.31. The van der Waals surface area contributed by atoms with Gasteiger partial charge >= 0.3 is 0 Å². The molecule has 0 saturated heterocycles. The molecule has 0 unspecified atom stereocenters. The van der Waals surface area contributed by atoms with E-state index in [0.717, 1.165) is 11.4 Å². The highest BCUT2D eigenvalue weighted by Gasteiger charge is 2.34. The van der Waals surface area contributed by atoms with Crippen LogP contribution in [0.1, 0.15) is 39.3 Å². The molecule has 3 amide bonds. The molecule has 1 aliphatic heterocycles. The smallest absolute Gasteiger partial charge is 0.261 e. The third-order valence-electron chi connectivity index (χ3n) is 3.75. The van der Waals surface area contributed by atoms with Crippen molar-refractivity contribution in [2.24, 2.45) is 0 Å². The quantitative estimate of drug-likeness (QED) is 0.753. The van der Waals surface area contributed by atoms with E-state index in [-0.39, 0.29) is 30.7 Å². The van der Waals surface area contributed by atoms with Gasteiger partial charge < -0.3 is 5.32 Å². The van der Waals surface area contributed by atoms with E-state index in [1.54, 1.807) is 36.0 Å². The first-order valence-corrected chi connectivity index (χ1v) is 10.1. The topological polar surface area (TPSA) is 79.4 Å². The van der Waals surface area contributed by atoms with Gasteiger partial charge in [0.15, 0.2) is 5.13 Å². The van der Waals surface area contributed by atoms with Crippen LogP contribution in [0.4, 0.5) is 5.13 Å². The zero-order valence-electron chi connectivity index (χ0n) is 13.7. The highest BCUT2D eigenvalue weighted by Crippen LogP contribution is 2.23. The summed E-state index contributed by atoms with van der Waals surface area (Å²) in [5, 5.41) is 5.26. The van der Waals surface area contributed by atoms with Crippen LogP contribution in [0.25, 0.3) is 0 Å². The van der Waals surface area contributed by atoms with E-state index in [9.17, 15) is 14.4 Å². The van der Waals surface area contributed by atoms with Gasteiger partial charge in [0.1, 0.15) is 0 Å². The van der Waals surface area contributed by atoms with Crippen LogP contribution in [-0.2, 0) is 10.5 Å². The van der Waals surface area contributed by atoms with Gasteiger partial charge in [-0.25, -0.2) is 4.98 Å². The Kier molecular flexibility index (Phi) is 5.50. The van der Waals surface area contributed by atoms with Crippen LogP contribution in [-0.4, -0.2) is 40.4 Å². The maximum atomic E-state index is 12.2. The van der Waals surface area contributed by atoms with E-state index < -0.39 is 0 Å². The van der Waals surface area contributed by atoms with E-state index in [4.69, 9.17) is 0 Å². The monoisotopic (exact) mass is 375 g/mol. The summed E-state index contributed by atoms with van der Waals surface area (Å²) in [6.45, 7) is 0.232. The molecule has 25 heavy (non-hydrogen) atoms. The average Bonchev–Trinajstić information content (AvgIpc) is 3.13. The molecule has 1 aromatic heterocycles. The number of thioether (sulfide) groups is 1. The molecule has 0 atom stereocenters. The van der Waals surface area contributed by atoms with Crippen molar-refractivity contribution >= 4 is 46.0 Å². The fourth-order valence-electron chi connectivity index (χ4n) is 2.60. The van der Waals surface area contributed by atoms with Crippen molar-refractivity contribution in [3.63, 3.8) is 0 Å². The van der Waals surface area contributed by atoms with Crippen molar-refractivity contribution in [1.29, 1.82) is 0 Å². The van der Waals surface area contributed by atoms with Crippen LogP contribution in [0.15, 0.2) is 29.6 Å². The molecule has 0 spiro atoms. The highest BCUT2D eigenvalue weighted by molar-refractivity contribution is 7.97. The molecule has 8 heteroatoms. The van der Waals surface area contributed by atoms with Crippen molar-refractivity contribution in [3.8, 4) is 0 Å². The second-order valence-electron chi connectivity index (χ2n) is 5.54. The van der Waals surface area contributed by atoms with Crippen LogP contribution in [0.3, 0.4) is 0 Å². The molecule has 0 bridgehead atoms. The summed E-state index contributed by atoms with van der Waals surface area (Å²) < 4.78 is 0. The summed E-state index contributed by atoms with van der Waals surface area (Å²) in [4.78, 5) is 42.0. The van der Waals surface area contributed by atoms with Gasteiger partial charge in [0, 0.05) is 24.1 Å². The van der Waals surface area contributed by atoms with E-state index in [2.05, 4.69) is 10.3 Å². The fraction of sp³-hybridized carbons (Fsp3) is 0.294. The van der Waals surface area contributed by atoms with Crippen molar-refractivity contribution in [2.75, 3.05) is 18.1 Å². The number of imide groups is 1. The SMILES string of the molecule is CSCc1csc(NC(=O)CCCN2C(=O)c3ccccc3C2=O)n1. The summed E-state index contributed by atoms with van der Waals surface area (Å²) in [6.07, 6.45) is 2.64. The Hall–Kier alpha value is -2.19. The van der Waals surface area contributed by atoms with Gasteiger partial charge in [0.05, 0.1) is 16.8 Å². The number of amides is 3. The number of hydrogen-bond acceptors (Lipinski definition) is 6. The second kappa shape index (κ2) is 7.79. The van der Waals surface area contributed by atoms with E-state index >= 15 is 0 Å². The molecule has 0 radical (unpaired) electrons. The number of carbonyl (C=O) groups excluding carboxylic acids is 3. The summed E-state index contributed by atoms with van der Waals surface area (Å²) >= 11 is 3.07. The minimum absolute atomic E-state index is 0.165. The molecule has 0 fully saturated rings. The predicted octanol–water partition coefficient (Wildman–Crippen LogP) is 3.02. The fourth-order valence-corrected chi connectivity index (χ4v) is 3.88. The second-order valence-corrected chi connectivity index (χ2v) is 7.26. The summed E-state index contributed by atoms with van der Waals surface area (Å²) in [7, 11) is 0. The molecular weight excluding hydrogens is 358 g/mol. The lowest BCUT2D eigenvalue weighted by molar-refractivity contribution is -0.116. The van der Waals surface area contributed by atoms with Gasteiger partial charge in [-0.1, -0.05) is 12.1 Å². The number of nitrogens with zero attached hydrogens (tertiary/aromatic N) is 2. The first-order valence-electron chi connectivity index (χ1n) is 7.78. The zero-order valence-corrected chi connectivity index (χ0v) is 15.3. The summed E-state index contributed by atoms with van der Waals surface area (Å²) in [5.74, 6) is 0.0680. The van der Waals surface area contributed by atoms with Crippen LogP contribution in [0, 0.1) is 0 Å². The summed E-state index contributed by atoms with van der Waals surface area (Å²) in [6, 6.07) is 6.77. The van der Waals surface area contributed by atoms with Crippen molar-refractivity contribution < 1.29 is 14.4 Å². The molecule has 1 aromatic carbocycles. The lowest BCUT2D eigenvalue weighted by atomic mass is 10.1. The number of aromatic nitrogens is 1. The maximum absolute atomic E-state index is 12.2. The molecule has 6 nitrogen and oxygen atoms in total. The number of hydrogen-bond donors (Lipinski definition) is 1. The van der Waals surface area contributed by atoms with Gasteiger partial charge in [-0.05, 0) is 24.8 Å². The van der Waals surface area contributed by atoms with Crippen LogP contribution in [0.2, 0.25) is 0 Å². The Morgan fingerprint density at radius 2 is 1.92 bits per heavy atom. The maximum Gasteiger partial charge on any atom is 0.261 e. The first kappa shape index (κ1) is 17.6. The Labute approximate surface area is 153 Å². The molecule has 2 aromatic rings. The molecule has 130 valence electrons. The van der Waals surface area contributed by atoms with Gasteiger partial charge in [-0.3, -0.25) is 19.3 Å². The normalized spacial score (nSPS) is 13.2. The van der Waals surface area contributed by atoms with Gasteiger partial charge in [0.2, 0.25) is 5.91 Å².